The van der Waals surface area contributed by atoms with E-state index in [9.17, 15) is 26.7 Å². The van der Waals surface area contributed by atoms with Gasteiger partial charge in [-0.3, -0.25) is 0 Å². The number of hydrogen-bond acceptors (Lipinski definition) is 3. The Labute approximate surface area is 111 Å². The number of carbonyl (C=O) groups excluding carboxylic acids is 1. The van der Waals surface area contributed by atoms with Gasteiger partial charge in [0.25, 0.3) is 6.43 Å². The van der Waals surface area contributed by atoms with Crippen molar-refractivity contribution in [3.8, 4) is 0 Å². The highest BCUT2D eigenvalue weighted by Crippen LogP contribution is 2.36. The molecule has 9 heteroatoms. The standard InChI is InChI=1S/C9H5F5INO2/c1-18-8(17)4-2-3(9(12,13)14)5(15)6(16-4)7(10)11/h2,7H,1H3. The van der Waals surface area contributed by atoms with Crippen molar-refractivity contribution < 1.29 is 31.5 Å². The fourth-order valence-corrected chi connectivity index (χ4v) is 1.93. The third-order valence-corrected chi connectivity index (χ3v) is 3.02. The minimum absolute atomic E-state index is 0.388. The summed E-state index contributed by atoms with van der Waals surface area (Å²) in [6, 6.07) is 0.388. The van der Waals surface area contributed by atoms with E-state index in [1.807, 2.05) is 0 Å². The Bertz CT molecular complexity index is 475. The maximum Gasteiger partial charge on any atom is 0.417 e. The first kappa shape index (κ1) is 15.1. The molecule has 0 radical (unpaired) electrons. The molecule has 100 valence electrons. The number of ether oxygens (including phenoxy) is 1. The van der Waals surface area contributed by atoms with Gasteiger partial charge in [-0.05, 0) is 28.7 Å². The van der Waals surface area contributed by atoms with E-state index < -0.39 is 39.1 Å². The van der Waals surface area contributed by atoms with Crippen LogP contribution in [0.2, 0.25) is 0 Å². The number of rotatable bonds is 2. The van der Waals surface area contributed by atoms with Crippen LogP contribution in [0.3, 0.4) is 0 Å². The van der Waals surface area contributed by atoms with Gasteiger partial charge >= 0.3 is 12.1 Å². The second-order valence-electron chi connectivity index (χ2n) is 3.04. The molecule has 0 saturated heterocycles. The summed E-state index contributed by atoms with van der Waals surface area (Å²) in [6.07, 6.45) is -8.08. The molecule has 0 amide bonds. The molecule has 1 heterocycles. The monoisotopic (exact) mass is 381 g/mol. The quantitative estimate of drug-likeness (QED) is 0.448. The summed E-state index contributed by atoms with van der Waals surface area (Å²) < 4.78 is 66.4. The summed E-state index contributed by atoms with van der Waals surface area (Å²) in [7, 11) is 0.914. The zero-order valence-electron chi connectivity index (χ0n) is 8.69. The molecule has 18 heavy (non-hydrogen) atoms. The van der Waals surface area contributed by atoms with E-state index in [-0.39, 0.29) is 0 Å². The van der Waals surface area contributed by atoms with Gasteiger partial charge < -0.3 is 4.74 Å². The van der Waals surface area contributed by atoms with E-state index in [0.29, 0.717) is 6.07 Å². The Kier molecular flexibility index (Phi) is 4.46. The lowest BCUT2D eigenvalue weighted by Gasteiger charge is -2.13. The number of methoxy groups -OCH3 is 1. The van der Waals surface area contributed by atoms with Gasteiger partial charge in [-0.2, -0.15) is 13.2 Å². The summed E-state index contributed by atoms with van der Waals surface area (Å²) in [5.74, 6) is -1.21. The number of hydrogen-bond donors (Lipinski definition) is 0. The van der Waals surface area contributed by atoms with Crippen molar-refractivity contribution in [1.82, 2.24) is 4.98 Å². The van der Waals surface area contributed by atoms with Crippen LogP contribution in [0, 0.1) is 3.57 Å². The molecule has 0 aliphatic carbocycles. The number of pyridine rings is 1. The van der Waals surface area contributed by atoms with Crippen molar-refractivity contribution >= 4 is 28.6 Å². The second kappa shape index (κ2) is 5.33. The van der Waals surface area contributed by atoms with Gasteiger partial charge in [0.15, 0.2) is 0 Å². The summed E-state index contributed by atoms with van der Waals surface area (Å²) in [4.78, 5) is 14.3. The Balaban J connectivity index is 3.52. The van der Waals surface area contributed by atoms with Crippen LogP contribution in [-0.4, -0.2) is 18.1 Å². The van der Waals surface area contributed by atoms with E-state index in [4.69, 9.17) is 0 Å². The van der Waals surface area contributed by atoms with Crippen molar-refractivity contribution in [2.45, 2.75) is 12.6 Å². The number of halogens is 6. The molecule has 0 unspecified atom stereocenters. The topological polar surface area (TPSA) is 39.2 Å². The van der Waals surface area contributed by atoms with Crippen LogP contribution < -0.4 is 0 Å². The van der Waals surface area contributed by atoms with Gasteiger partial charge in [0.1, 0.15) is 11.4 Å². The highest BCUT2D eigenvalue weighted by molar-refractivity contribution is 14.1. The minimum Gasteiger partial charge on any atom is -0.464 e. The van der Waals surface area contributed by atoms with Crippen molar-refractivity contribution in [3.05, 3.63) is 26.6 Å². The zero-order valence-corrected chi connectivity index (χ0v) is 10.8. The smallest absolute Gasteiger partial charge is 0.417 e. The van der Waals surface area contributed by atoms with Gasteiger partial charge in [0, 0.05) is 0 Å². The molecule has 3 nitrogen and oxygen atoms in total. The van der Waals surface area contributed by atoms with Gasteiger partial charge in [-0.15, -0.1) is 0 Å². The first-order valence-corrected chi connectivity index (χ1v) is 5.40. The van der Waals surface area contributed by atoms with Crippen LogP contribution in [0.5, 0.6) is 0 Å². The van der Waals surface area contributed by atoms with Gasteiger partial charge in [-0.1, -0.05) is 0 Å². The van der Waals surface area contributed by atoms with Crippen LogP contribution in [-0.2, 0) is 10.9 Å². The number of carbonyl (C=O) groups is 1. The fourth-order valence-electron chi connectivity index (χ4n) is 1.11. The molecule has 0 aliphatic rings. The molecule has 0 atom stereocenters. The molecule has 0 aromatic carbocycles. The number of esters is 1. The van der Waals surface area contributed by atoms with Gasteiger partial charge in [0.2, 0.25) is 0 Å². The minimum atomic E-state index is -4.86. The third-order valence-electron chi connectivity index (χ3n) is 1.89. The predicted molar refractivity (Wildman–Crippen MR) is 58.3 cm³/mol. The van der Waals surface area contributed by atoms with Crippen molar-refractivity contribution in [1.29, 1.82) is 0 Å². The Hall–Kier alpha value is -1.00. The summed E-state index contributed by atoms with van der Waals surface area (Å²) >= 11 is 1.12. The van der Waals surface area contributed by atoms with Crippen molar-refractivity contribution in [2.75, 3.05) is 7.11 Å². The Morgan fingerprint density at radius 2 is 2.00 bits per heavy atom. The molecule has 0 bridgehead atoms. The molecule has 0 saturated carbocycles. The van der Waals surface area contributed by atoms with Crippen LogP contribution >= 0.6 is 22.6 Å². The summed E-state index contributed by atoms with van der Waals surface area (Å²) in [5.41, 5.74) is -3.24. The summed E-state index contributed by atoms with van der Waals surface area (Å²) in [5, 5.41) is 0. The number of nitrogens with zero attached hydrogens (tertiary/aromatic N) is 1. The normalized spacial score (nSPS) is 11.8. The first-order chi connectivity index (χ1) is 8.18. The predicted octanol–water partition coefficient (Wildman–Crippen LogP) is 3.43. The largest absolute Gasteiger partial charge is 0.464 e. The third kappa shape index (κ3) is 3.06. The molecule has 0 N–H and O–H groups in total. The lowest BCUT2D eigenvalue weighted by molar-refractivity contribution is -0.138. The van der Waals surface area contributed by atoms with Crippen LogP contribution in [0.25, 0.3) is 0 Å². The molecule has 1 aromatic rings. The van der Waals surface area contributed by atoms with Crippen molar-refractivity contribution in [2.24, 2.45) is 0 Å². The lowest BCUT2D eigenvalue weighted by Crippen LogP contribution is -2.15. The Morgan fingerprint density at radius 1 is 1.44 bits per heavy atom. The molecule has 0 spiro atoms. The maximum atomic E-state index is 12.6. The molecule has 0 fully saturated rings. The SMILES string of the molecule is COC(=O)c1cc(C(F)(F)F)c(I)c(C(F)F)n1. The summed E-state index contributed by atoms with van der Waals surface area (Å²) in [6.45, 7) is 0. The number of aromatic nitrogens is 1. The van der Waals surface area contributed by atoms with Gasteiger partial charge in [-0.25, -0.2) is 18.6 Å². The van der Waals surface area contributed by atoms with E-state index in [1.54, 1.807) is 0 Å². The lowest BCUT2D eigenvalue weighted by atomic mass is 10.2. The number of alkyl halides is 5. The van der Waals surface area contributed by atoms with Crippen LogP contribution in [0.4, 0.5) is 22.0 Å². The molecular weight excluding hydrogens is 376 g/mol. The highest BCUT2D eigenvalue weighted by atomic mass is 127. The second-order valence-corrected chi connectivity index (χ2v) is 4.12. The molecule has 1 rings (SSSR count). The van der Waals surface area contributed by atoms with Crippen LogP contribution in [0.1, 0.15) is 28.2 Å². The molecular formula is C9H5F5INO2. The van der Waals surface area contributed by atoms with Crippen LogP contribution in [0.15, 0.2) is 6.07 Å². The van der Waals surface area contributed by atoms with E-state index >= 15 is 0 Å². The fraction of sp³-hybridized carbons (Fsp3) is 0.333. The van der Waals surface area contributed by atoms with E-state index in [2.05, 4.69) is 9.72 Å². The zero-order chi connectivity index (χ0) is 14.1. The first-order valence-electron chi connectivity index (χ1n) is 4.32. The van der Waals surface area contributed by atoms with Crippen molar-refractivity contribution in [3.63, 3.8) is 0 Å². The van der Waals surface area contributed by atoms with E-state index in [0.717, 1.165) is 29.7 Å². The molecule has 1 aromatic heterocycles. The maximum absolute atomic E-state index is 12.6. The molecule has 0 aliphatic heterocycles. The van der Waals surface area contributed by atoms with E-state index in [1.165, 1.54) is 0 Å². The average Bonchev–Trinajstić information content (AvgIpc) is 2.26. The van der Waals surface area contributed by atoms with Gasteiger partial charge in [0.05, 0.1) is 16.2 Å². The Morgan fingerprint density at radius 3 is 2.39 bits per heavy atom. The average molecular weight is 381 g/mol. The highest BCUT2D eigenvalue weighted by Gasteiger charge is 2.37.